The van der Waals surface area contributed by atoms with Gasteiger partial charge in [-0.25, -0.2) is 4.98 Å². The van der Waals surface area contributed by atoms with Crippen molar-refractivity contribution in [2.75, 3.05) is 7.11 Å². The zero-order valence-electron chi connectivity index (χ0n) is 13.4. The highest BCUT2D eigenvalue weighted by molar-refractivity contribution is 5.85. The van der Waals surface area contributed by atoms with Crippen LogP contribution in [0.2, 0.25) is 0 Å². The van der Waals surface area contributed by atoms with Gasteiger partial charge in [0, 0.05) is 17.0 Å². The lowest BCUT2D eigenvalue weighted by molar-refractivity contribution is 0.399. The summed E-state index contributed by atoms with van der Waals surface area (Å²) >= 11 is 0. The summed E-state index contributed by atoms with van der Waals surface area (Å²) in [4.78, 5) is 4.42. The largest absolute Gasteiger partial charge is 0.507 e. The Labute approximate surface area is 135 Å². The lowest BCUT2D eigenvalue weighted by atomic mass is 9.96. The molecule has 0 saturated carbocycles. The molecule has 0 aliphatic rings. The number of aromatic nitrogens is 1. The van der Waals surface area contributed by atoms with Crippen molar-refractivity contribution in [3.05, 3.63) is 48.0 Å². The minimum atomic E-state index is 0.0478. The van der Waals surface area contributed by atoms with Gasteiger partial charge >= 0.3 is 0 Å². The second-order valence-corrected chi connectivity index (χ2v) is 5.84. The monoisotopic (exact) mass is 309 g/mol. The summed E-state index contributed by atoms with van der Waals surface area (Å²) in [7, 11) is 1.58. The van der Waals surface area contributed by atoms with Crippen LogP contribution in [0.5, 0.6) is 17.4 Å². The van der Waals surface area contributed by atoms with Gasteiger partial charge in [0.15, 0.2) is 0 Å². The fraction of sp³-hybridized carbons (Fsp3) is 0.211. The van der Waals surface area contributed by atoms with E-state index in [-0.39, 0.29) is 17.4 Å². The van der Waals surface area contributed by atoms with Crippen LogP contribution in [0.15, 0.2) is 42.5 Å². The molecule has 4 heteroatoms. The first kappa shape index (κ1) is 15.2. The highest BCUT2D eigenvalue weighted by Crippen LogP contribution is 2.38. The lowest BCUT2D eigenvalue weighted by Gasteiger charge is -2.13. The van der Waals surface area contributed by atoms with Crippen molar-refractivity contribution in [1.82, 2.24) is 4.98 Å². The summed E-state index contributed by atoms with van der Waals surface area (Å²) < 4.78 is 5.16. The summed E-state index contributed by atoms with van der Waals surface area (Å²) in [5, 5.41) is 21.4. The van der Waals surface area contributed by atoms with E-state index >= 15 is 0 Å². The molecule has 4 nitrogen and oxygen atoms in total. The molecule has 0 bridgehead atoms. The van der Waals surface area contributed by atoms with Gasteiger partial charge in [0.25, 0.3) is 0 Å². The average Bonchev–Trinajstić information content (AvgIpc) is 2.52. The highest BCUT2D eigenvalue weighted by atomic mass is 16.5. The molecule has 0 fully saturated rings. The Bertz CT molecular complexity index is 849. The number of phenols is 2. The first-order chi connectivity index (χ1) is 11.0. The Morgan fingerprint density at radius 3 is 2.17 bits per heavy atom. The van der Waals surface area contributed by atoms with Crippen molar-refractivity contribution in [1.29, 1.82) is 0 Å². The molecule has 2 N–H and O–H groups in total. The lowest BCUT2D eigenvalue weighted by Crippen LogP contribution is -1.91. The third-order valence-corrected chi connectivity index (χ3v) is 3.92. The maximum absolute atomic E-state index is 10.2. The highest BCUT2D eigenvalue weighted by Gasteiger charge is 2.14. The van der Waals surface area contributed by atoms with E-state index in [4.69, 9.17) is 4.74 Å². The molecule has 3 aromatic rings. The van der Waals surface area contributed by atoms with Crippen LogP contribution < -0.4 is 4.74 Å². The van der Waals surface area contributed by atoms with E-state index in [1.807, 2.05) is 44.2 Å². The van der Waals surface area contributed by atoms with Crippen molar-refractivity contribution < 1.29 is 14.9 Å². The number of fused-ring (bicyclic) bond motifs is 1. The van der Waals surface area contributed by atoms with Crippen LogP contribution in [-0.4, -0.2) is 22.3 Å². The molecule has 118 valence electrons. The van der Waals surface area contributed by atoms with Crippen LogP contribution >= 0.6 is 0 Å². The Balaban J connectivity index is 2.13. The standard InChI is InChI=1S/C19H19NO3/c1-11(2)19-16(21)9-14(10-17(19)22)13-5-4-12-6-7-18(23-3)20-15(12)8-13/h4-11,21-22H,1-3H3. The van der Waals surface area contributed by atoms with Crippen LogP contribution in [0.4, 0.5) is 0 Å². The van der Waals surface area contributed by atoms with Crippen LogP contribution in [0, 0.1) is 0 Å². The number of methoxy groups -OCH3 is 1. The van der Waals surface area contributed by atoms with E-state index < -0.39 is 0 Å². The predicted molar refractivity (Wildman–Crippen MR) is 91.1 cm³/mol. The number of nitrogens with zero attached hydrogens (tertiary/aromatic N) is 1. The van der Waals surface area contributed by atoms with E-state index in [9.17, 15) is 10.2 Å². The van der Waals surface area contributed by atoms with Crippen molar-refractivity contribution >= 4 is 10.9 Å². The summed E-state index contributed by atoms with van der Waals surface area (Å²) in [6.45, 7) is 3.86. The Hall–Kier alpha value is -2.75. The number of pyridine rings is 1. The topological polar surface area (TPSA) is 62.6 Å². The maximum Gasteiger partial charge on any atom is 0.213 e. The number of ether oxygens (including phenoxy) is 1. The third-order valence-electron chi connectivity index (χ3n) is 3.92. The third kappa shape index (κ3) is 2.80. The molecule has 0 amide bonds. The second kappa shape index (κ2) is 5.80. The number of hydrogen-bond donors (Lipinski definition) is 2. The minimum absolute atomic E-state index is 0.0478. The molecular formula is C19H19NO3. The van der Waals surface area contributed by atoms with Gasteiger partial charge in [-0.15, -0.1) is 0 Å². The number of phenolic OH excluding ortho intramolecular Hbond substituents is 2. The molecule has 0 radical (unpaired) electrons. The van der Waals surface area contributed by atoms with Crippen LogP contribution in [-0.2, 0) is 0 Å². The van der Waals surface area contributed by atoms with Gasteiger partial charge in [-0.1, -0.05) is 26.0 Å². The first-order valence-corrected chi connectivity index (χ1v) is 7.50. The maximum atomic E-state index is 10.2. The van der Waals surface area contributed by atoms with Crippen molar-refractivity contribution in [3.63, 3.8) is 0 Å². The zero-order chi connectivity index (χ0) is 16.6. The molecule has 2 aromatic carbocycles. The molecule has 0 spiro atoms. The number of benzene rings is 2. The van der Waals surface area contributed by atoms with Gasteiger partial charge < -0.3 is 14.9 Å². The fourth-order valence-electron chi connectivity index (χ4n) is 2.77. The van der Waals surface area contributed by atoms with Crippen LogP contribution in [0.25, 0.3) is 22.0 Å². The van der Waals surface area contributed by atoms with E-state index in [1.54, 1.807) is 19.2 Å². The van der Waals surface area contributed by atoms with Crippen molar-refractivity contribution in [2.24, 2.45) is 0 Å². The molecule has 1 heterocycles. The van der Waals surface area contributed by atoms with Crippen molar-refractivity contribution in [3.8, 4) is 28.5 Å². The Morgan fingerprint density at radius 1 is 0.913 bits per heavy atom. The molecular weight excluding hydrogens is 290 g/mol. The van der Waals surface area contributed by atoms with Crippen molar-refractivity contribution in [2.45, 2.75) is 19.8 Å². The zero-order valence-corrected chi connectivity index (χ0v) is 13.4. The second-order valence-electron chi connectivity index (χ2n) is 5.84. The molecule has 23 heavy (non-hydrogen) atoms. The number of rotatable bonds is 3. The molecule has 3 rings (SSSR count). The molecule has 0 atom stereocenters. The Morgan fingerprint density at radius 2 is 1.57 bits per heavy atom. The van der Waals surface area contributed by atoms with Gasteiger partial charge in [-0.2, -0.15) is 0 Å². The molecule has 0 unspecified atom stereocenters. The smallest absolute Gasteiger partial charge is 0.213 e. The van der Waals surface area contributed by atoms with Gasteiger partial charge in [0.1, 0.15) is 11.5 Å². The number of aromatic hydroxyl groups is 2. The SMILES string of the molecule is COc1ccc2ccc(-c3cc(O)c(C(C)C)c(O)c3)cc2n1. The van der Waals surface area contributed by atoms with E-state index in [1.165, 1.54) is 0 Å². The molecule has 1 aromatic heterocycles. The predicted octanol–water partition coefficient (Wildman–Crippen LogP) is 4.45. The van der Waals surface area contributed by atoms with Gasteiger partial charge in [0.2, 0.25) is 5.88 Å². The summed E-state index contributed by atoms with van der Waals surface area (Å²) in [5.74, 6) is 0.810. The minimum Gasteiger partial charge on any atom is -0.507 e. The van der Waals surface area contributed by atoms with Gasteiger partial charge in [-0.05, 0) is 41.3 Å². The summed E-state index contributed by atoms with van der Waals surface area (Å²) in [6.07, 6.45) is 0. The van der Waals surface area contributed by atoms with E-state index in [2.05, 4.69) is 4.98 Å². The average molecular weight is 309 g/mol. The van der Waals surface area contributed by atoms with Crippen LogP contribution in [0.3, 0.4) is 0 Å². The van der Waals surface area contributed by atoms with Gasteiger partial charge in [-0.3, -0.25) is 0 Å². The fourth-order valence-corrected chi connectivity index (χ4v) is 2.77. The quantitative estimate of drug-likeness (QED) is 0.750. The first-order valence-electron chi connectivity index (χ1n) is 7.50. The van der Waals surface area contributed by atoms with E-state index in [0.717, 1.165) is 22.0 Å². The summed E-state index contributed by atoms with van der Waals surface area (Å²) in [5.41, 5.74) is 2.98. The summed E-state index contributed by atoms with van der Waals surface area (Å²) in [6, 6.07) is 12.9. The number of hydrogen-bond acceptors (Lipinski definition) is 4. The Kier molecular flexibility index (Phi) is 3.82. The molecule has 0 aliphatic heterocycles. The van der Waals surface area contributed by atoms with Crippen LogP contribution in [0.1, 0.15) is 25.3 Å². The van der Waals surface area contributed by atoms with E-state index in [0.29, 0.717) is 11.4 Å². The molecule has 0 aliphatic carbocycles. The molecule has 0 saturated heterocycles. The van der Waals surface area contributed by atoms with Gasteiger partial charge in [0.05, 0.1) is 12.6 Å². The normalized spacial score (nSPS) is 11.1.